The van der Waals surface area contributed by atoms with Crippen LogP contribution in [0.1, 0.15) is 16.7 Å². The second-order valence-electron chi connectivity index (χ2n) is 4.02. The van der Waals surface area contributed by atoms with Crippen molar-refractivity contribution in [1.82, 2.24) is 4.98 Å². The molecule has 2 aromatic rings. The zero-order valence-electron chi connectivity index (χ0n) is 10.3. The smallest absolute Gasteiger partial charge is 0.365 e. The van der Waals surface area contributed by atoms with Gasteiger partial charge in [0.25, 0.3) is 0 Å². The maximum absolute atomic E-state index is 12.8. The number of hydrogen-bond acceptors (Lipinski definition) is 3. The van der Waals surface area contributed by atoms with Crippen LogP contribution < -0.4 is 5.32 Å². The topological polar surface area (TPSA) is 48.7 Å². The minimum absolute atomic E-state index is 0.0542. The minimum Gasteiger partial charge on any atom is -0.365 e. The van der Waals surface area contributed by atoms with Crippen LogP contribution >= 0.6 is 0 Å². The first-order valence-corrected chi connectivity index (χ1v) is 5.76. The van der Waals surface area contributed by atoms with Crippen molar-refractivity contribution in [1.29, 1.82) is 5.26 Å². The highest BCUT2D eigenvalue weighted by atomic mass is 19.4. The summed E-state index contributed by atoms with van der Waals surface area (Å²) in [5, 5.41) is 11.6. The molecule has 0 radical (unpaired) electrons. The number of halogens is 3. The fourth-order valence-corrected chi connectivity index (χ4v) is 1.77. The second kappa shape index (κ2) is 5.61. The highest BCUT2D eigenvalue weighted by Crippen LogP contribution is 2.32. The van der Waals surface area contributed by atoms with E-state index in [2.05, 4.69) is 10.3 Å². The van der Waals surface area contributed by atoms with Gasteiger partial charge in [-0.3, -0.25) is 0 Å². The highest BCUT2D eigenvalue weighted by Gasteiger charge is 2.32. The van der Waals surface area contributed by atoms with Crippen LogP contribution in [0.3, 0.4) is 0 Å². The van der Waals surface area contributed by atoms with Gasteiger partial charge < -0.3 is 5.32 Å². The molecule has 0 atom stereocenters. The Morgan fingerprint density at radius 1 is 1.15 bits per heavy atom. The van der Waals surface area contributed by atoms with E-state index in [0.29, 0.717) is 0 Å². The molecular formula is C14H10F3N3. The van der Waals surface area contributed by atoms with E-state index < -0.39 is 11.7 Å². The summed E-state index contributed by atoms with van der Waals surface area (Å²) in [6.45, 7) is -0.0542. The van der Waals surface area contributed by atoms with E-state index >= 15 is 0 Å². The van der Waals surface area contributed by atoms with Crippen LogP contribution in [0, 0.1) is 11.3 Å². The summed E-state index contributed by atoms with van der Waals surface area (Å²) >= 11 is 0. The summed E-state index contributed by atoms with van der Waals surface area (Å²) in [7, 11) is 0. The molecule has 1 heterocycles. The van der Waals surface area contributed by atoms with Gasteiger partial charge in [0, 0.05) is 12.7 Å². The standard InChI is InChI=1S/C14H10F3N3/c15-14(16,17)12-6-2-1-4-11(12)9-20-13-10(8-18)5-3-7-19-13/h1-7H,9H2,(H,19,20). The molecule has 0 fully saturated rings. The number of rotatable bonds is 3. The fourth-order valence-electron chi connectivity index (χ4n) is 1.77. The third-order valence-electron chi connectivity index (χ3n) is 2.70. The summed E-state index contributed by atoms with van der Waals surface area (Å²) in [5.41, 5.74) is -0.298. The van der Waals surface area contributed by atoms with Crippen LogP contribution in [0.15, 0.2) is 42.6 Å². The Bertz CT molecular complexity index is 645. The SMILES string of the molecule is N#Cc1cccnc1NCc1ccccc1C(F)(F)F. The highest BCUT2D eigenvalue weighted by molar-refractivity contribution is 5.51. The number of nitriles is 1. The number of alkyl halides is 3. The van der Waals surface area contributed by atoms with Crippen molar-refractivity contribution >= 4 is 5.82 Å². The summed E-state index contributed by atoms with van der Waals surface area (Å²) < 4.78 is 38.5. The van der Waals surface area contributed by atoms with Crippen molar-refractivity contribution in [3.05, 3.63) is 59.3 Å². The van der Waals surface area contributed by atoms with Crippen LogP contribution in [0.25, 0.3) is 0 Å². The zero-order chi connectivity index (χ0) is 14.6. The molecule has 0 aliphatic carbocycles. The van der Waals surface area contributed by atoms with Crippen molar-refractivity contribution in [2.75, 3.05) is 5.32 Å². The lowest BCUT2D eigenvalue weighted by Crippen LogP contribution is -2.12. The van der Waals surface area contributed by atoms with Crippen LogP contribution in [0.2, 0.25) is 0 Å². The molecule has 2 rings (SSSR count). The Labute approximate surface area is 113 Å². The number of nitrogens with zero attached hydrogens (tertiary/aromatic N) is 2. The van der Waals surface area contributed by atoms with Gasteiger partial charge in [-0.25, -0.2) is 4.98 Å². The Balaban J connectivity index is 2.22. The van der Waals surface area contributed by atoms with Gasteiger partial charge in [-0.1, -0.05) is 18.2 Å². The molecule has 0 amide bonds. The lowest BCUT2D eigenvalue weighted by molar-refractivity contribution is -0.138. The second-order valence-corrected chi connectivity index (χ2v) is 4.02. The maximum Gasteiger partial charge on any atom is 0.416 e. The molecule has 0 saturated carbocycles. The molecule has 20 heavy (non-hydrogen) atoms. The van der Waals surface area contributed by atoms with Gasteiger partial charge in [-0.15, -0.1) is 0 Å². The molecule has 0 bridgehead atoms. The molecule has 102 valence electrons. The molecule has 1 aromatic heterocycles. The summed E-state index contributed by atoms with van der Waals surface area (Å²) in [6, 6.07) is 10.4. The summed E-state index contributed by atoms with van der Waals surface area (Å²) in [5.74, 6) is 0.270. The van der Waals surface area contributed by atoms with Crippen molar-refractivity contribution in [2.45, 2.75) is 12.7 Å². The molecule has 0 saturated heterocycles. The largest absolute Gasteiger partial charge is 0.416 e. The summed E-state index contributed by atoms with van der Waals surface area (Å²) in [4.78, 5) is 3.94. The Kier molecular flexibility index (Phi) is 3.89. The average Bonchev–Trinajstić information content (AvgIpc) is 2.44. The van der Waals surface area contributed by atoms with Gasteiger partial charge in [0.1, 0.15) is 11.9 Å². The Morgan fingerprint density at radius 2 is 1.90 bits per heavy atom. The lowest BCUT2D eigenvalue weighted by atomic mass is 10.1. The summed E-state index contributed by atoms with van der Waals surface area (Å²) in [6.07, 6.45) is -2.93. The third kappa shape index (κ3) is 3.06. The molecule has 0 aliphatic rings. The van der Waals surface area contributed by atoms with Crippen LogP contribution in [0.5, 0.6) is 0 Å². The van der Waals surface area contributed by atoms with E-state index in [1.165, 1.54) is 24.4 Å². The predicted molar refractivity (Wildman–Crippen MR) is 67.7 cm³/mol. The van der Waals surface area contributed by atoms with Crippen LogP contribution in [-0.2, 0) is 12.7 Å². The first-order chi connectivity index (χ1) is 9.52. The fraction of sp³-hybridized carbons (Fsp3) is 0.143. The number of nitrogens with one attached hydrogen (secondary N) is 1. The quantitative estimate of drug-likeness (QED) is 0.932. The Morgan fingerprint density at radius 3 is 2.60 bits per heavy atom. The van der Waals surface area contributed by atoms with Gasteiger partial charge in [0.05, 0.1) is 11.1 Å². The number of pyridine rings is 1. The predicted octanol–water partition coefficient (Wildman–Crippen LogP) is 3.58. The number of hydrogen-bond donors (Lipinski definition) is 1. The molecule has 3 nitrogen and oxygen atoms in total. The number of aromatic nitrogens is 1. The molecule has 1 N–H and O–H groups in total. The molecule has 0 spiro atoms. The van der Waals surface area contributed by atoms with Gasteiger partial charge in [-0.2, -0.15) is 18.4 Å². The van der Waals surface area contributed by atoms with Crippen molar-refractivity contribution in [3.63, 3.8) is 0 Å². The minimum atomic E-state index is -4.40. The van der Waals surface area contributed by atoms with E-state index in [9.17, 15) is 13.2 Å². The van der Waals surface area contributed by atoms with Gasteiger partial charge >= 0.3 is 6.18 Å². The van der Waals surface area contributed by atoms with Crippen LogP contribution in [0.4, 0.5) is 19.0 Å². The molecule has 0 aliphatic heterocycles. The van der Waals surface area contributed by atoms with Crippen molar-refractivity contribution in [3.8, 4) is 6.07 Å². The van der Waals surface area contributed by atoms with Gasteiger partial charge in [0.15, 0.2) is 0 Å². The molecule has 6 heteroatoms. The van der Waals surface area contributed by atoms with E-state index in [4.69, 9.17) is 5.26 Å². The number of anilines is 1. The molecular weight excluding hydrogens is 267 g/mol. The third-order valence-corrected chi connectivity index (χ3v) is 2.70. The first-order valence-electron chi connectivity index (χ1n) is 5.76. The van der Waals surface area contributed by atoms with E-state index in [1.807, 2.05) is 6.07 Å². The van der Waals surface area contributed by atoms with Crippen LogP contribution in [-0.4, -0.2) is 4.98 Å². The molecule has 0 unspecified atom stereocenters. The number of benzene rings is 1. The van der Waals surface area contributed by atoms with Crippen molar-refractivity contribution in [2.24, 2.45) is 0 Å². The van der Waals surface area contributed by atoms with Gasteiger partial charge in [0.2, 0.25) is 0 Å². The maximum atomic E-state index is 12.8. The van der Waals surface area contributed by atoms with E-state index in [0.717, 1.165) is 6.07 Å². The Hall–Kier alpha value is -2.55. The molecule has 1 aromatic carbocycles. The van der Waals surface area contributed by atoms with Crippen molar-refractivity contribution < 1.29 is 13.2 Å². The first kappa shape index (κ1) is 13.9. The monoisotopic (exact) mass is 277 g/mol. The van der Waals surface area contributed by atoms with E-state index in [1.54, 1.807) is 12.1 Å². The lowest BCUT2D eigenvalue weighted by Gasteiger charge is -2.13. The normalized spacial score (nSPS) is 10.9. The average molecular weight is 277 g/mol. The zero-order valence-corrected chi connectivity index (χ0v) is 10.3. The van der Waals surface area contributed by atoms with E-state index in [-0.39, 0.29) is 23.5 Å². The van der Waals surface area contributed by atoms with Gasteiger partial charge in [-0.05, 0) is 23.8 Å².